The van der Waals surface area contributed by atoms with Gasteiger partial charge in [0, 0.05) is 11.3 Å². The zero-order valence-corrected chi connectivity index (χ0v) is 11.9. The first-order valence-electron chi connectivity index (χ1n) is 5.49. The zero-order chi connectivity index (χ0) is 13.7. The molecule has 1 amide bonds. The number of anilines is 1. The van der Waals surface area contributed by atoms with Gasteiger partial charge in [0.25, 0.3) is 5.91 Å². The lowest BCUT2D eigenvalue weighted by molar-refractivity contribution is 0.0937. The molecule has 1 rings (SSSR count). The number of nitrogens with one attached hydrogen (secondary N) is 1. The topological polar surface area (TPSA) is 75.3 Å². The molecule has 0 aliphatic carbocycles. The van der Waals surface area contributed by atoms with Crippen molar-refractivity contribution < 1.29 is 9.90 Å². The maximum atomic E-state index is 12.0. The summed E-state index contributed by atoms with van der Waals surface area (Å²) in [6, 6.07) is 4.78. The third kappa shape index (κ3) is 3.54. The van der Waals surface area contributed by atoms with Crippen LogP contribution in [0.1, 0.15) is 17.3 Å². The smallest absolute Gasteiger partial charge is 0.253 e. The number of hydrogen-bond donors (Lipinski definition) is 3. The highest BCUT2D eigenvalue weighted by Crippen LogP contribution is 2.22. The average molecular weight is 289 g/mol. The number of halogens is 1. The Morgan fingerprint density at radius 3 is 2.83 bits per heavy atom. The maximum Gasteiger partial charge on any atom is 0.253 e. The quantitative estimate of drug-likeness (QED) is 0.722. The van der Waals surface area contributed by atoms with Gasteiger partial charge in [-0.3, -0.25) is 4.79 Å². The number of nitrogens with two attached hydrogens (primary N) is 1. The normalized spacial score (nSPS) is 14.0. The van der Waals surface area contributed by atoms with Gasteiger partial charge in [-0.05, 0) is 25.3 Å². The molecule has 18 heavy (non-hydrogen) atoms. The molecular weight excluding hydrogens is 272 g/mol. The molecule has 0 aliphatic rings. The van der Waals surface area contributed by atoms with Gasteiger partial charge in [-0.25, -0.2) is 0 Å². The summed E-state index contributed by atoms with van der Waals surface area (Å²) in [4.78, 5) is 12.0. The summed E-state index contributed by atoms with van der Waals surface area (Å²) >= 11 is 7.36. The number of benzene rings is 1. The highest BCUT2D eigenvalue weighted by molar-refractivity contribution is 7.99. The SMILES string of the molecule is CSC(CO)C(C)NC(=O)c1cccc(Cl)c1N. The van der Waals surface area contributed by atoms with E-state index in [4.69, 9.17) is 22.4 Å². The first kappa shape index (κ1) is 15.1. The molecule has 4 nitrogen and oxygen atoms in total. The molecule has 0 fully saturated rings. The monoisotopic (exact) mass is 288 g/mol. The van der Waals surface area contributed by atoms with Crippen LogP contribution in [0.15, 0.2) is 18.2 Å². The van der Waals surface area contributed by atoms with Gasteiger partial charge in [0.2, 0.25) is 0 Å². The van der Waals surface area contributed by atoms with Crippen molar-refractivity contribution in [1.82, 2.24) is 5.32 Å². The number of rotatable bonds is 5. The van der Waals surface area contributed by atoms with E-state index in [1.807, 2.05) is 13.2 Å². The summed E-state index contributed by atoms with van der Waals surface area (Å²) < 4.78 is 0. The van der Waals surface area contributed by atoms with E-state index in [0.717, 1.165) is 0 Å². The molecule has 0 radical (unpaired) electrons. The predicted octanol–water partition coefficient (Wildman–Crippen LogP) is 1.76. The zero-order valence-electron chi connectivity index (χ0n) is 10.3. The molecule has 1 aromatic carbocycles. The molecule has 2 atom stereocenters. The predicted molar refractivity (Wildman–Crippen MR) is 77.2 cm³/mol. The van der Waals surface area contributed by atoms with E-state index >= 15 is 0 Å². The number of aliphatic hydroxyl groups excluding tert-OH is 1. The lowest BCUT2D eigenvalue weighted by Crippen LogP contribution is -2.41. The summed E-state index contributed by atoms with van der Waals surface area (Å²) in [5, 5.41) is 12.3. The van der Waals surface area contributed by atoms with Gasteiger partial charge in [0.15, 0.2) is 0 Å². The van der Waals surface area contributed by atoms with Gasteiger partial charge in [0.05, 0.1) is 22.9 Å². The number of aliphatic hydroxyl groups is 1. The molecule has 4 N–H and O–H groups in total. The van der Waals surface area contributed by atoms with Crippen LogP contribution in [-0.2, 0) is 0 Å². The van der Waals surface area contributed by atoms with Crippen LogP contribution < -0.4 is 11.1 Å². The van der Waals surface area contributed by atoms with E-state index in [1.165, 1.54) is 11.8 Å². The molecule has 0 aliphatic heterocycles. The van der Waals surface area contributed by atoms with E-state index in [-0.39, 0.29) is 29.5 Å². The Morgan fingerprint density at radius 1 is 1.61 bits per heavy atom. The molecule has 0 bridgehead atoms. The second kappa shape index (κ2) is 6.87. The van der Waals surface area contributed by atoms with Crippen LogP contribution in [0.3, 0.4) is 0 Å². The van der Waals surface area contributed by atoms with Gasteiger partial charge < -0.3 is 16.2 Å². The van der Waals surface area contributed by atoms with Crippen molar-refractivity contribution in [3.8, 4) is 0 Å². The van der Waals surface area contributed by atoms with Gasteiger partial charge in [-0.2, -0.15) is 11.8 Å². The minimum atomic E-state index is -0.282. The molecule has 0 saturated carbocycles. The number of nitrogen functional groups attached to an aromatic ring is 1. The fourth-order valence-corrected chi connectivity index (χ4v) is 2.35. The van der Waals surface area contributed by atoms with Crippen LogP contribution >= 0.6 is 23.4 Å². The minimum absolute atomic E-state index is 0.00758. The third-order valence-electron chi connectivity index (χ3n) is 2.70. The molecular formula is C12H17ClN2O2S. The average Bonchev–Trinajstić information content (AvgIpc) is 2.34. The largest absolute Gasteiger partial charge is 0.397 e. The molecule has 0 aromatic heterocycles. The number of amides is 1. The summed E-state index contributed by atoms with van der Waals surface area (Å²) in [6.45, 7) is 1.85. The van der Waals surface area contributed by atoms with E-state index < -0.39 is 0 Å². The molecule has 0 saturated heterocycles. The second-order valence-corrected chi connectivity index (χ2v) is 5.40. The Labute approximate surface area is 116 Å². The van der Waals surface area contributed by atoms with Crippen molar-refractivity contribution in [3.05, 3.63) is 28.8 Å². The highest BCUT2D eigenvalue weighted by atomic mass is 35.5. The van der Waals surface area contributed by atoms with Crippen molar-refractivity contribution in [1.29, 1.82) is 0 Å². The Morgan fingerprint density at radius 2 is 2.28 bits per heavy atom. The van der Waals surface area contributed by atoms with Crippen LogP contribution in [0.4, 0.5) is 5.69 Å². The van der Waals surface area contributed by atoms with Crippen molar-refractivity contribution in [2.75, 3.05) is 18.6 Å². The van der Waals surface area contributed by atoms with E-state index in [1.54, 1.807) is 18.2 Å². The van der Waals surface area contributed by atoms with E-state index in [9.17, 15) is 4.79 Å². The number of hydrogen-bond acceptors (Lipinski definition) is 4. The fraction of sp³-hybridized carbons (Fsp3) is 0.417. The Hall–Kier alpha value is -0.910. The van der Waals surface area contributed by atoms with E-state index in [0.29, 0.717) is 10.6 Å². The molecule has 0 heterocycles. The number of thioether (sulfide) groups is 1. The van der Waals surface area contributed by atoms with Crippen molar-refractivity contribution in [3.63, 3.8) is 0 Å². The van der Waals surface area contributed by atoms with Gasteiger partial charge >= 0.3 is 0 Å². The number of carbonyl (C=O) groups is 1. The molecule has 2 unspecified atom stereocenters. The third-order valence-corrected chi connectivity index (χ3v) is 4.19. The van der Waals surface area contributed by atoms with Crippen LogP contribution in [0.25, 0.3) is 0 Å². The summed E-state index contributed by atoms with van der Waals surface area (Å²) in [5.41, 5.74) is 6.38. The van der Waals surface area contributed by atoms with Crippen molar-refractivity contribution >= 4 is 35.0 Å². The van der Waals surface area contributed by atoms with Crippen molar-refractivity contribution in [2.45, 2.75) is 18.2 Å². The summed E-state index contributed by atoms with van der Waals surface area (Å²) in [5.74, 6) is -0.282. The van der Waals surface area contributed by atoms with Crippen LogP contribution in [0.5, 0.6) is 0 Å². The second-order valence-electron chi connectivity index (χ2n) is 3.92. The first-order valence-corrected chi connectivity index (χ1v) is 7.16. The van der Waals surface area contributed by atoms with Crippen molar-refractivity contribution in [2.24, 2.45) is 0 Å². The number of carbonyl (C=O) groups excluding carboxylic acids is 1. The standard InChI is InChI=1S/C12H17ClN2O2S/c1-7(10(6-16)18-2)15-12(17)8-4-3-5-9(13)11(8)14/h3-5,7,10,16H,6,14H2,1-2H3,(H,15,17). The Balaban J connectivity index is 2.79. The Bertz CT molecular complexity index is 425. The minimum Gasteiger partial charge on any atom is -0.397 e. The van der Waals surface area contributed by atoms with E-state index in [2.05, 4.69) is 5.32 Å². The molecule has 100 valence electrons. The Kier molecular flexibility index (Phi) is 5.78. The fourth-order valence-electron chi connectivity index (χ4n) is 1.55. The van der Waals surface area contributed by atoms with Crippen LogP contribution in [0.2, 0.25) is 5.02 Å². The number of para-hydroxylation sites is 1. The molecule has 6 heteroatoms. The van der Waals surface area contributed by atoms with Crippen LogP contribution in [0, 0.1) is 0 Å². The maximum absolute atomic E-state index is 12.0. The van der Waals surface area contributed by atoms with Gasteiger partial charge in [-0.1, -0.05) is 17.7 Å². The van der Waals surface area contributed by atoms with Gasteiger partial charge in [-0.15, -0.1) is 0 Å². The molecule has 0 spiro atoms. The van der Waals surface area contributed by atoms with Crippen LogP contribution in [-0.4, -0.2) is 35.2 Å². The lowest BCUT2D eigenvalue weighted by atomic mass is 10.1. The first-order chi connectivity index (χ1) is 8.51. The van der Waals surface area contributed by atoms with Gasteiger partial charge in [0.1, 0.15) is 0 Å². The summed E-state index contributed by atoms with van der Waals surface area (Å²) in [6.07, 6.45) is 1.89. The summed E-state index contributed by atoms with van der Waals surface area (Å²) in [7, 11) is 0. The molecule has 1 aromatic rings. The highest BCUT2D eigenvalue weighted by Gasteiger charge is 2.19. The lowest BCUT2D eigenvalue weighted by Gasteiger charge is -2.21.